The molecule has 0 aromatic carbocycles. The number of rotatable bonds is 0. The summed E-state index contributed by atoms with van der Waals surface area (Å²) in [6, 6.07) is 5.93. The zero-order chi connectivity index (χ0) is 21.1. The molecular formula is C23H35NO7. The van der Waals surface area contributed by atoms with Gasteiger partial charge in [-0.3, -0.25) is 4.98 Å². The minimum absolute atomic E-state index is 0.0343. The molecule has 174 valence electrons. The Labute approximate surface area is 184 Å². The standard InChI is InChI=1S/C23H35NO7/c1-4-18-14-26-16-22-20(6-2-8-28-22)30-12-10-25-11-13-31-21-7-3-9-29-23(21)17-27-15-19(5-1)24-18/h1,4-5,20-23H,2-3,6-17H2/t20-,21-,22-,23-/m1/s1. The fourth-order valence-corrected chi connectivity index (χ4v) is 4.19. The summed E-state index contributed by atoms with van der Waals surface area (Å²) >= 11 is 0. The maximum Gasteiger partial charge on any atom is 0.107 e. The summed E-state index contributed by atoms with van der Waals surface area (Å²) in [5, 5.41) is 0. The lowest BCUT2D eigenvalue weighted by molar-refractivity contribution is -0.146. The molecule has 2 saturated heterocycles. The van der Waals surface area contributed by atoms with E-state index in [1.165, 1.54) is 0 Å². The Hall–Kier alpha value is -1.13. The molecule has 0 N–H and O–H groups in total. The van der Waals surface area contributed by atoms with E-state index >= 15 is 0 Å². The lowest BCUT2D eigenvalue weighted by Gasteiger charge is -2.32. The van der Waals surface area contributed by atoms with E-state index in [2.05, 4.69) is 4.98 Å². The molecule has 8 heteroatoms. The van der Waals surface area contributed by atoms with Gasteiger partial charge in [-0.05, 0) is 37.8 Å². The first-order chi connectivity index (χ1) is 15.4. The van der Waals surface area contributed by atoms with Gasteiger partial charge in [0.15, 0.2) is 0 Å². The molecule has 31 heavy (non-hydrogen) atoms. The quantitative estimate of drug-likeness (QED) is 0.612. The first-order valence-corrected chi connectivity index (χ1v) is 11.5. The zero-order valence-electron chi connectivity index (χ0n) is 18.2. The van der Waals surface area contributed by atoms with Crippen LogP contribution in [-0.4, -0.2) is 82.3 Å². The predicted octanol–water partition coefficient (Wildman–Crippen LogP) is 2.27. The molecule has 1 aromatic heterocycles. The van der Waals surface area contributed by atoms with E-state index in [-0.39, 0.29) is 24.4 Å². The summed E-state index contributed by atoms with van der Waals surface area (Å²) in [6.45, 7) is 5.50. The molecule has 4 heterocycles. The molecule has 3 aliphatic rings. The Kier molecular flexibility index (Phi) is 9.51. The number of fused-ring (bicyclic) bond motifs is 4. The highest BCUT2D eigenvalue weighted by atomic mass is 16.6. The van der Waals surface area contributed by atoms with Crippen LogP contribution in [0.3, 0.4) is 0 Å². The molecule has 0 spiro atoms. The third-order valence-corrected chi connectivity index (χ3v) is 5.81. The Bertz CT molecular complexity index is 597. The van der Waals surface area contributed by atoms with E-state index in [4.69, 9.17) is 33.2 Å². The molecule has 2 bridgehead atoms. The van der Waals surface area contributed by atoms with Crippen LogP contribution in [0, 0.1) is 0 Å². The minimum Gasteiger partial charge on any atom is -0.377 e. The van der Waals surface area contributed by atoms with Crippen LogP contribution in [0.5, 0.6) is 0 Å². The van der Waals surface area contributed by atoms with Gasteiger partial charge in [0.1, 0.15) is 12.2 Å². The Balaban J connectivity index is 1.36. The van der Waals surface area contributed by atoms with Gasteiger partial charge in [0.2, 0.25) is 0 Å². The number of aromatic nitrogens is 1. The highest BCUT2D eigenvalue weighted by molar-refractivity contribution is 5.10. The van der Waals surface area contributed by atoms with E-state index in [0.29, 0.717) is 52.9 Å². The largest absolute Gasteiger partial charge is 0.377 e. The molecule has 4 atom stereocenters. The fourth-order valence-electron chi connectivity index (χ4n) is 4.19. The van der Waals surface area contributed by atoms with Crippen molar-refractivity contribution in [2.45, 2.75) is 63.3 Å². The van der Waals surface area contributed by atoms with Gasteiger partial charge in [-0.25, -0.2) is 0 Å². The van der Waals surface area contributed by atoms with Gasteiger partial charge in [0, 0.05) is 13.2 Å². The molecule has 3 aliphatic heterocycles. The molecular weight excluding hydrogens is 402 g/mol. The van der Waals surface area contributed by atoms with Gasteiger partial charge in [0.05, 0.1) is 76.5 Å². The lowest BCUT2D eigenvalue weighted by atomic mass is 10.1. The summed E-state index contributed by atoms with van der Waals surface area (Å²) < 4.78 is 41.4. The van der Waals surface area contributed by atoms with Crippen molar-refractivity contribution in [3.63, 3.8) is 0 Å². The maximum atomic E-state index is 6.03. The summed E-state index contributed by atoms with van der Waals surface area (Å²) in [6.07, 6.45) is 3.92. The summed E-state index contributed by atoms with van der Waals surface area (Å²) in [4.78, 5) is 4.66. The van der Waals surface area contributed by atoms with Crippen molar-refractivity contribution >= 4 is 0 Å². The molecule has 0 aliphatic carbocycles. The van der Waals surface area contributed by atoms with Crippen LogP contribution in [0.15, 0.2) is 18.2 Å². The van der Waals surface area contributed by atoms with Crippen LogP contribution in [-0.2, 0) is 46.4 Å². The summed E-state index contributed by atoms with van der Waals surface area (Å²) in [5.74, 6) is 0. The molecule has 1 aromatic rings. The molecule has 4 rings (SSSR count). The van der Waals surface area contributed by atoms with E-state index < -0.39 is 0 Å². The first-order valence-electron chi connectivity index (χ1n) is 11.5. The van der Waals surface area contributed by atoms with Crippen molar-refractivity contribution in [2.24, 2.45) is 0 Å². The molecule has 0 unspecified atom stereocenters. The lowest BCUT2D eigenvalue weighted by Crippen LogP contribution is -2.40. The number of ether oxygens (including phenoxy) is 7. The average molecular weight is 438 g/mol. The summed E-state index contributed by atoms with van der Waals surface area (Å²) in [7, 11) is 0. The number of hydrogen-bond acceptors (Lipinski definition) is 8. The van der Waals surface area contributed by atoms with Crippen LogP contribution in [0.4, 0.5) is 0 Å². The first kappa shape index (κ1) is 23.0. The van der Waals surface area contributed by atoms with E-state index in [0.717, 1.165) is 50.3 Å². The second kappa shape index (κ2) is 12.8. The van der Waals surface area contributed by atoms with Crippen molar-refractivity contribution in [3.05, 3.63) is 29.6 Å². The molecule has 0 saturated carbocycles. The third kappa shape index (κ3) is 7.46. The van der Waals surface area contributed by atoms with E-state index in [1.807, 2.05) is 18.2 Å². The monoisotopic (exact) mass is 437 g/mol. The molecule has 8 nitrogen and oxygen atoms in total. The zero-order valence-corrected chi connectivity index (χ0v) is 18.2. The molecule has 2 fully saturated rings. The van der Waals surface area contributed by atoms with Gasteiger partial charge >= 0.3 is 0 Å². The van der Waals surface area contributed by atoms with Gasteiger partial charge in [-0.2, -0.15) is 0 Å². The van der Waals surface area contributed by atoms with Crippen molar-refractivity contribution in [1.29, 1.82) is 0 Å². The predicted molar refractivity (Wildman–Crippen MR) is 112 cm³/mol. The Morgan fingerprint density at radius 1 is 0.581 bits per heavy atom. The smallest absolute Gasteiger partial charge is 0.107 e. The van der Waals surface area contributed by atoms with Crippen molar-refractivity contribution in [1.82, 2.24) is 4.98 Å². The van der Waals surface area contributed by atoms with Gasteiger partial charge in [-0.1, -0.05) is 6.07 Å². The normalized spacial score (nSPS) is 32.4. The van der Waals surface area contributed by atoms with E-state index in [1.54, 1.807) is 0 Å². The number of pyridine rings is 1. The van der Waals surface area contributed by atoms with Gasteiger partial charge in [-0.15, -0.1) is 0 Å². The number of hydrogen-bond donors (Lipinski definition) is 0. The molecule has 0 radical (unpaired) electrons. The fraction of sp³-hybridized carbons (Fsp3) is 0.783. The highest BCUT2D eigenvalue weighted by Gasteiger charge is 2.28. The molecule has 0 amide bonds. The SMILES string of the molecule is c1cc2nc(c1)COC[C@H]1OCCC[C@H]1OCCOCCO[C@@H]1CCCO[C@@H]1COC2. The second-order valence-corrected chi connectivity index (χ2v) is 8.18. The third-order valence-electron chi connectivity index (χ3n) is 5.81. The Morgan fingerprint density at radius 3 is 1.65 bits per heavy atom. The Morgan fingerprint density at radius 2 is 1.10 bits per heavy atom. The topological polar surface area (TPSA) is 77.5 Å². The van der Waals surface area contributed by atoms with Crippen molar-refractivity contribution < 1.29 is 33.2 Å². The van der Waals surface area contributed by atoms with Crippen molar-refractivity contribution in [2.75, 3.05) is 52.9 Å². The van der Waals surface area contributed by atoms with E-state index in [9.17, 15) is 0 Å². The van der Waals surface area contributed by atoms with Crippen LogP contribution in [0.2, 0.25) is 0 Å². The van der Waals surface area contributed by atoms with Crippen LogP contribution in [0.25, 0.3) is 0 Å². The van der Waals surface area contributed by atoms with Crippen molar-refractivity contribution in [3.8, 4) is 0 Å². The second-order valence-electron chi connectivity index (χ2n) is 8.18. The highest BCUT2D eigenvalue weighted by Crippen LogP contribution is 2.20. The number of nitrogens with zero attached hydrogens (tertiary/aromatic N) is 1. The van der Waals surface area contributed by atoms with Gasteiger partial charge in [0.25, 0.3) is 0 Å². The van der Waals surface area contributed by atoms with Crippen LogP contribution in [0.1, 0.15) is 37.1 Å². The minimum atomic E-state index is -0.0579. The average Bonchev–Trinajstić information content (AvgIpc) is 2.80. The van der Waals surface area contributed by atoms with Crippen LogP contribution >= 0.6 is 0 Å². The maximum absolute atomic E-state index is 6.03. The van der Waals surface area contributed by atoms with Crippen LogP contribution < -0.4 is 0 Å². The summed E-state index contributed by atoms with van der Waals surface area (Å²) in [5.41, 5.74) is 1.76. The van der Waals surface area contributed by atoms with Gasteiger partial charge < -0.3 is 33.2 Å².